The summed E-state index contributed by atoms with van der Waals surface area (Å²) in [6.45, 7) is 3.74. The minimum Gasteiger partial charge on any atom is -0.394 e. The lowest BCUT2D eigenvalue weighted by Gasteiger charge is -2.40. The molecule has 0 aromatic heterocycles. The van der Waals surface area contributed by atoms with Gasteiger partial charge >= 0.3 is 0 Å². The van der Waals surface area contributed by atoms with E-state index >= 15 is 0 Å². The van der Waals surface area contributed by atoms with Gasteiger partial charge in [0, 0.05) is 6.42 Å². The highest BCUT2D eigenvalue weighted by Crippen LogP contribution is 2.22. The van der Waals surface area contributed by atoms with E-state index in [-0.39, 0.29) is 12.5 Å². The van der Waals surface area contributed by atoms with Gasteiger partial charge in [0.2, 0.25) is 5.91 Å². The Labute approximate surface area is 342 Å². The lowest BCUT2D eigenvalue weighted by Crippen LogP contribution is -2.60. The topological polar surface area (TPSA) is 149 Å². The van der Waals surface area contributed by atoms with Crippen LogP contribution in [0.15, 0.2) is 36.5 Å². The van der Waals surface area contributed by atoms with Gasteiger partial charge in [0.15, 0.2) is 6.29 Å². The van der Waals surface area contributed by atoms with Crippen LogP contribution in [0.3, 0.4) is 0 Å². The second-order valence-electron chi connectivity index (χ2n) is 16.2. The van der Waals surface area contributed by atoms with E-state index in [0.29, 0.717) is 6.42 Å². The molecular formula is C47H87NO8. The monoisotopic (exact) mass is 794 g/mol. The molecule has 7 unspecified atom stereocenters. The van der Waals surface area contributed by atoms with Crippen LogP contribution in [-0.2, 0) is 14.3 Å². The van der Waals surface area contributed by atoms with Crippen LogP contribution in [0.4, 0.5) is 0 Å². The fourth-order valence-electron chi connectivity index (χ4n) is 7.17. The minimum atomic E-state index is -1.57. The Morgan fingerprint density at radius 2 is 1.02 bits per heavy atom. The molecular weight excluding hydrogens is 707 g/mol. The Kier molecular flexibility index (Phi) is 35.3. The van der Waals surface area contributed by atoms with Crippen molar-refractivity contribution in [2.45, 2.75) is 243 Å². The molecule has 56 heavy (non-hydrogen) atoms. The first kappa shape index (κ1) is 52.4. The van der Waals surface area contributed by atoms with Gasteiger partial charge in [-0.3, -0.25) is 4.79 Å². The van der Waals surface area contributed by atoms with Crippen LogP contribution in [0.2, 0.25) is 0 Å². The van der Waals surface area contributed by atoms with Crippen LogP contribution in [0, 0.1) is 0 Å². The van der Waals surface area contributed by atoms with E-state index in [1.807, 2.05) is 6.08 Å². The van der Waals surface area contributed by atoms with Gasteiger partial charge in [-0.1, -0.05) is 172 Å². The summed E-state index contributed by atoms with van der Waals surface area (Å²) in [5, 5.41) is 54.1. The van der Waals surface area contributed by atoms with Crippen molar-refractivity contribution in [3.8, 4) is 0 Å². The first-order valence-electron chi connectivity index (χ1n) is 23.2. The molecule has 0 saturated carbocycles. The third-order valence-corrected chi connectivity index (χ3v) is 10.9. The molecule has 0 spiro atoms. The molecule has 0 aromatic carbocycles. The SMILES string of the molecule is CCCCCCCCCC/C=C\CCCCCCCCCC(=O)NC(COC1OC(CO)C(O)C(O)C1O)C(O)/C=C/CC/C=C/CCCCCCCCCC. The average Bonchev–Trinajstić information content (AvgIpc) is 3.20. The number of allylic oxidation sites excluding steroid dienone is 5. The van der Waals surface area contributed by atoms with Crippen molar-refractivity contribution in [2.75, 3.05) is 13.2 Å². The van der Waals surface area contributed by atoms with Crippen molar-refractivity contribution in [3.63, 3.8) is 0 Å². The molecule has 328 valence electrons. The number of hydrogen-bond acceptors (Lipinski definition) is 8. The molecule has 9 heteroatoms. The number of aliphatic hydroxyl groups excluding tert-OH is 5. The molecule has 1 aliphatic heterocycles. The Bertz CT molecular complexity index is 972. The molecule has 1 amide bonds. The minimum absolute atomic E-state index is 0.192. The molecule has 7 atom stereocenters. The van der Waals surface area contributed by atoms with Crippen molar-refractivity contribution in [1.29, 1.82) is 0 Å². The van der Waals surface area contributed by atoms with Crippen molar-refractivity contribution in [2.24, 2.45) is 0 Å². The zero-order valence-electron chi connectivity index (χ0n) is 35.9. The smallest absolute Gasteiger partial charge is 0.220 e. The molecule has 1 rings (SSSR count). The Hall–Kier alpha value is -1.59. The first-order valence-corrected chi connectivity index (χ1v) is 23.2. The number of nitrogens with one attached hydrogen (secondary N) is 1. The molecule has 0 bridgehead atoms. The first-order chi connectivity index (χ1) is 27.3. The van der Waals surface area contributed by atoms with Crippen LogP contribution < -0.4 is 5.32 Å². The maximum Gasteiger partial charge on any atom is 0.220 e. The van der Waals surface area contributed by atoms with Gasteiger partial charge in [0.1, 0.15) is 24.4 Å². The number of rotatable bonds is 38. The molecule has 9 nitrogen and oxygen atoms in total. The van der Waals surface area contributed by atoms with E-state index in [1.165, 1.54) is 128 Å². The zero-order valence-corrected chi connectivity index (χ0v) is 35.9. The molecule has 0 radical (unpaired) electrons. The summed E-state index contributed by atoms with van der Waals surface area (Å²) >= 11 is 0. The number of unbranched alkanes of at least 4 members (excludes halogenated alkanes) is 24. The van der Waals surface area contributed by atoms with Crippen LogP contribution in [0.25, 0.3) is 0 Å². The fourth-order valence-corrected chi connectivity index (χ4v) is 7.17. The highest BCUT2D eigenvalue weighted by molar-refractivity contribution is 5.76. The lowest BCUT2D eigenvalue weighted by molar-refractivity contribution is -0.302. The zero-order chi connectivity index (χ0) is 40.9. The van der Waals surface area contributed by atoms with Crippen LogP contribution in [0.1, 0.15) is 200 Å². The van der Waals surface area contributed by atoms with Gasteiger partial charge in [0.25, 0.3) is 0 Å². The van der Waals surface area contributed by atoms with Gasteiger partial charge in [-0.05, 0) is 57.8 Å². The van der Waals surface area contributed by atoms with Crippen molar-refractivity contribution < 1.29 is 39.8 Å². The summed E-state index contributed by atoms with van der Waals surface area (Å²) in [7, 11) is 0. The van der Waals surface area contributed by atoms with Gasteiger partial charge in [-0.15, -0.1) is 0 Å². The van der Waals surface area contributed by atoms with Crippen LogP contribution in [0.5, 0.6) is 0 Å². The summed E-state index contributed by atoms with van der Waals surface area (Å²) in [5.74, 6) is -0.192. The van der Waals surface area contributed by atoms with E-state index in [1.54, 1.807) is 6.08 Å². The lowest BCUT2D eigenvalue weighted by atomic mass is 9.99. The van der Waals surface area contributed by atoms with E-state index < -0.39 is 49.5 Å². The third-order valence-electron chi connectivity index (χ3n) is 10.9. The van der Waals surface area contributed by atoms with E-state index in [4.69, 9.17) is 9.47 Å². The summed E-state index contributed by atoms with van der Waals surface area (Å²) in [6, 6.07) is -0.821. The molecule has 1 saturated heterocycles. The average molecular weight is 794 g/mol. The number of carbonyl (C=O) groups is 1. The molecule has 1 heterocycles. The largest absolute Gasteiger partial charge is 0.394 e. The summed E-state index contributed by atoms with van der Waals surface area (Å²) in [5.41, 5.74) is 0. The second kappa shape index (κ2) is 37.7. The number of ether oxygens (including phenoxy) is 2. The number of hydrogen-bond donors (Lipinski definition) is 6. The number of carbonyl (C=O) groups excluding carboxylic acids is 1. The molecule has 1 aliphatic rings. The summed E-state index contributed by atoms with van der Waals surface area (Å²) < 4.78 is 11.2. The van der Waals surface area contributed by atoms with Gasteiger partial charge in [-0.25, -0.2) is 0 Å². The van der Waals surface area contributed by atoms with Gasteiger partial charge in [-0.2, -0.15) is 0 Å². The van der Waals surface area contributed by atoms with E-state index in [0.717, 1.165) is 51.4 Å². The fraction of sp³-hybridized carbons (Fsp3) is 0.851. The van der Waals surface area contributed by atoms with Crippen molar-refractivity contribution >= 4 is 5.91 Å². The van der Waals surface area contributed by atoms with E-state index in [9.17, 15) is 30.3 Å². The predicted molar refractivity (Wildman–Crippen MR) is 230 cm³/mol. The van der Waals surface area contributed by atoms with Crippen molar-refractivity contribution in [1.82, 2.24) is 5.32 Å². The Morgan fingerprint density at radius 1 is 0.589 bits per heavy atom. The summed E-state index contributed by atoms with van der Waals surface area (Å²) in [4.78, 5) is 12.9. The quantitative estimate of drug-likeness (QED) is 0.0268. The van der Waals surface area contributed by atoms with Crippen molar-refractivity contribution in [3.05, 3.63) is 36.5 Å². The normalized spacial score (nSPS) is 21.4. The highest BCUT2D eigenvalue weighted by atomic mass is 16.7. The number of amides is 1. The van der Waals surface area contributed by atoms with Crippen LogP contribution in [-0.4, -0.2) is 87.5 Å². The highest BCUT2D eigenvalue weighted by Gasteiger charge is 2.44. The third kappa shape index (κ3) is 27.9. The maximum absolute atomic E-state index is 12.9. The predicted octanol–water partition coefficient (Wildman–Crippen LogP) is 9.67. The molecule has 1 fully saturated rings. The standard InChI is InChI=1S/C47H87NO8/c1-3-5-7-9-11-13-15-17-19-20-21-22-23-25-27-29-31-33-35-37-43(51)48-40(39-55-47-46(54)45(53)44(52)42(38-49)56-47)41(50)36-34-32-30-28-26-24-18-16-14-12-10-8-6-4-2/h20-21,26,28,34,36,40-42,44-47,49-50,52-54H,3-19,22-25,27,29-33,35,37-39H2,1-2H3,(H,48,51)/b21-20-,28-26+,36-34+. The molecule has 6 N–H and O–H groups in total. The van der Waals surface area contributed by atoms with Gasteiger partial charge < -0.3 is 40.3 Å². The Morgan fingerprint density at radius 3 is 1.50 bits per heavy atom. The van der Waals surface area contributed by atoms with Crippen LogP contribution >= 0.6 is 0 Å². The second-order valence-corrected chi connectivity index (χ2v) is 16.2. The maximum atomic E-state index is 12.9. The Balaban J connectivity index is 2.36. The van der Waals surface area contributed by atoms with Gasteiger partial charge in [0.05, 0.1) is 25.4 Å². The number of aliphatic hydroxyl groups is 5. The molecule has 0 aliphatic carbocycles. The van der Waals surface area contributed by atoms with E-state index in [2.05, 4.69) is 43.5 Å². The molecule has 0 aromatic rings. The summed E-state index contributed by atoms with van der Waals surface area (Å²) in [6.07, 6.45) is 39.0.